The van der Waals surface area contributed by atoms with Gasteiger partial charge in [0.1, 0.15) is 5.82 Å². The number of carbonyl (C=O) groups excluding carboxylic acids is 1. The van der Waals surface area contributed by atoms with Gasteiger partial charge in [-0.2, -0.15) is 5.10 Å². The molecule has 2 heterocycles. The maximum Gasteiger partial charge on any atom is 0.254 e. The zero-order chi connectivity index (χ0) is 26.7. The van der Waals surface area contributed by atoms with Crippen molar-refractivity contribution in [2.24, 2.45) is 0 Å². The van der Waals surface area contributed by atoms with E-state index in [1.807, 2.05) is 30.3 Å². The molecular formula is C26H37N7O3S. The smallest absolute Gasteiger partial charge is 0.254 e. The third-order valence-electron chi connectivity index (χ3n) is 6.20. The predicted molar refractivity (Wildman–Crippen MR) is 143 cm³/mol. The number of H-pyrrole nitrogens is 1. The molecule has 0 aliphatic heterocycles. The Morgan fingerprint density at radius 1 is 1.08 bits per heavy atom. The lowest BCUT2D eigenvalue weighted by molar-refractivity contribution is 0.0781. The van der Waals surface area contributed by atoms with Crippen LogP contribution in [0.4, 0.5) is 0 Å². The molecule has 0 unspecified atom stereocenters. The lowest BCUT2D eigenvalue weighted by atomic mass is 10.1. The number of aryl methyl sites for hydroxylation is 1. The van der Waals surface area contributed by atoms with Crippen molar-refractivity contribution in [3.8, 4) is 0 Å². The highest BCUT2D eigenvalue weighted by Crippen LogP contribution is 2.18. The molecule has 1 aromatic carbocycles. The molecule has 37 heavy (non-hydrogen) atoms. The fraction of sp³-hybridized carbons (Fsp3) is 0.462. The second-order valence-corrected chi connectivity index (χ2v) is 10.8. The van der Waals surface area contributed by atoms with Gasteiger partial charge in [-0.1, -0.05) is 44.2 Å². The van der Waals surface area contributed by atoms with E-state index >= 15 is 0 Å². The Morgan fingerprint density at radius 3 is 2.46 bits per heavy atom. The largest absolute Gasteiger partial charge is 0.334 e. The molecule has 11 heteroatoms. The van der Waals surface area contributed by atoms with Crippen LogP contribution >= 0.6 is 0 Å². The zero-order valence-corrected chi connectivity index (χ0v) is 22.6. The maximum atomic E-state index is 13.0. The van der Waals surface area contributed by atoms with Gasteiger partial charge in [-0.05, 0) is 56.6 Å². The summed E-state index contributed by atoms with van der Waals surface area (Å²) in [5.41, 5.74) is 1.63. The van der Waals surface area contributed by atoms with Crippen LogP contribution in [0.3, 0.4) is 0 Å². The molecule has 10 nitrogen and oxygen atoms in total. The highest BCUT2D eigenvalue weighted by molar-refractivity contribution is 7.89. The first-order valence-corrected chi connectivity index (χ1v) is 14.3. The number of benzene rings is 1. The summed E-state index contributed by atoms with van der Waals surface area (Å²) in [5.74, 6) is 0.701. The third kappa shape index (κ3) is 9.03. The van der Waals surface area contributed by atoms with Gasteiger partial charge in [0, 0.05) is 25.0 Å². The van der Waals surface area contributed by atoms with Crippen LogP contribution in [0.1, 0.15) is 60.3 Å². The topological polar surface area (TPSA) is 124 Å². The van der Waals surface area contributed by atoms with E-state index in [9.17, 15) is 13.2 Å². The summed E-state index contributed by atoms with van der Waals surface area (Å²) < 4.78 is 28.8. The van der Waals surface area contributed by atoms with Gasteiger partial charge in [-0.15, -0.1) is 0 Å². The van der Waals surface area contributed by atoms with Crippen LogP contribution in [0.25, 0.3) is 0 Å². The summed E-state index contributed by atoms with van der Waals surface area (Å²) in [6.07, 6.45) is 4.87. The number of pyridine rings is 1. The standard InChI is InChI=1S/C26H37N7O3S/c1-4-33(5-2)18-9-19-37(35,36)31-23(13-12-21-10-7-6-8-11-21)25-28-24(29-30-25)20-32(3)26(34)22-14-16-27-17-15-22/h6-8,10-11,14-17,23,31H,4-5,9,12-13,18-20H2,1-3H3,(H,28,29,30)/t23-/m1/s1. The fourth-order valence-corrected chi connectivity index (χ4v) is 5.33. The first-order valence-electron chi connectivity index (χ1n) is 12.6. The van der Waals surface area contributed by atoms with E-state index in [2.05, 4.69) is 43.6 Å². The number of nitrogens with zero attached hydrogens (tertiary/aromatic N) is 5. The van der Waals surface area contributed by atoms with Gasteiger partial charge < -0.3 is 9.80 Å². The average molecular weight is 528 g/mol. The molecule has 2 N–H and O–H groups in total. The van der Waals surface area contributed by atoms with Crippen LogP contribution < -0.4 is 4.72 Å². The van der Waals surface area contributed by atoms with E-state index in [1.54, 1.807) is 31.6 Å². The summed E-state index contributed by atoms with van der Waals surface area (Å²) in [4.78, 5) is 24.9. The monoisotopic (exact) mass is 527 g/mol. The number of amides is 1. The number of carbonyl (C=O) groups is 1. The quantitative estimate of drug-likeness (QED) is 0.311. The Kier molecular flexibility index (Phi) is 10.7. The molecule has 0 aliphatic carbocycles. The van der Waals surface area contributed by atoms with Crippen LogP contribution in [-0.4, -0.2) is 76.7 Å². The van der Waals surface area contributed by atoms with Gasteiger partial charge in [0.25, 0.3) is 5.91 Å². The molecule has 0 spiro atoms. The number of hydrogen-bond donors (Lipinski definition) is 2. The predicted octanol–water partition coefficient (Wildman–Crippen LogP) is 2.80. The minimum absolute atomic E-state index is 0.0372. The normalized spacial score (nSPS) is 12.5. The number of nitrogens with one attached hydrogen (secondary N) is 2. The van der Waals surface area contributed by atoms with Gasteiger partial charge in [-0.3, -0.25) is 14.9 Å². The van der Waals surface area contributed by atoms with Crippen molar-refractivity contribution < 1.29 is 13.2 Å². The van der Waals surface area contributed by atoms with E-state index < -0.39 is 16.1 Å². The molecule has 0 saturated carbocycles. The number of rotatable bonds is 15. The molecular weight excluding hydrogens is 490 g/mol. The molecule has 2 aromatic heterocycles. The molecule has 0 radical (unpaired) electrons. The first kappa shape index (κ1) is 28.4. The fourth-order valence-electron chi connectivity index (χ4n) is 4.04. The van der Waals surface area contributed by atoms with Crippen molar-refractivity contribution in [1.82, 2.24) is 34.7 Å². The number of sulfonamides is 1. The summed E-state index contributed by atoms with van der Waals surface area (Å²) >= 11 is 0. The van der Waals surface area contributed by atoms with Crippen molar-refractivity contribution in [1.29, 1.82) is 0 Å². The van der Waals surface area contributed by atoms with Crippen molar-refractivity contribution in [2.45, 2.75) is 45.7 Å². The van der Waals surface area contributed by atoms with Gasteiger partial charge in [0.05, 0.1) is 18.3 Å². The zero-order valence-electron chi connectivity index (χ0n) is 21.8. The third-order valence-corrected chi connectivity index (χ3v) is 7.67. The highest BCUT2D eigenvalue weighted by Gasteiger charge is 2.23. The molecule has 0 aliphatic rings. The van der Waals surface area contributed by atoms with E-state index in [0.717, 1.165) is 25.2 Å². The molecule has 0 bridgehead atoms. The number of aromatic nitrogens is 4. The van der Waals surface area contributed by atoms with Crippen molar-refractivity contribution in [3.63, 3.8) is 0 Å². The second-order valence-electron chi connectivity index (χ2n) is 8.93. The molecule has 3 rings (SSSR count). The Balaban J connectivity index is 1.69. The van der Waals surface area contributed by atoms with Crippen molar-refractivity contribution in [2.75, 3.05) is 32.4 Å². The number of hydrogen-bond acceptors (Lipinski definition) is 7. The summed E-state index contributed by atoms with van der Waals surface area (Å²) in [7, 11) is -1.87. The van der Waals surface area contributed by atoms with Gasteiger partial charge in [0.2, 0.25) is 10.0 Å². The summed E-state index contributed by atoms with van der Waals surface area (Å²) in [6, 6.07) is 12.6. The van der Waals surface area contributed by atoms with Gasteiger partial charge >= 0.3 is 0 Å². The summed E-state index contributed by atoms with van der Waals surface area (Å²) in [5, 5.41) is 7.16. The van der Waals surface area contributed by atoms with E-state index in [0.29, 0.717) is 36.5 Å². The average Bonchev–Trinajstić information content (AvgIpc) is 3.38. The molecule has 0 fully saturated rings. The van der Waals surface area contributed by atoms with E-state index in [4.69, 9.17) is 0 Å². The van der Waals surface area contributed by atoms with Crippen LogP contribution in [0.5, 0.6) is 0 Å². The van der Waals surface area contributed by atoms with Crippen LogP contribution in [0.15, 0.2) is 54.9 Å². The molecule has 3 aromatic rings. The van der Waals surface area contributed by atoms with Crippen LogP contribution in [-0.2, 0) is 23.0 Å². The number of aromatic amines is 1. The molecule has 200 valence electrons. The lowest BCUT2D eigenvalue weighted by Crippen LogP contribution is -2.33. The van der Waals surface area contributed by atoms with Crippen molar-refractivity contribution >= 4 is 15.9 Å². The molecule has 0 saturated heterocycles. The summed E-state index contributed by atoms with van der Waals surface area (Å²) in [6.45, 7) is 6.83. The Morgan fingerprint density at radius 2 is 1.78 bits per heavy atom. The Hall–Kier alpha value is -3.15. The van der Waals surface area contributed by atoms with E-state index in [1.165, 1.54) is 4.90 Å². The minimum Gasteiger partial charge on any atom is -0.334 e. The Bertz CT molecular complexity index is 1200. The van der Waals surface area contributed by atoms with Crippen molar-refractivity contribution in [3.05, 3.63) is 77.6 Å². The van der Waals surface area contributed by atoms with E-state index in [-0.39, 0.29) is 18.2 Å². The molecule has 1 atom stereocenters. The minimum atomic E-state index is -3.54. The maximum absolute atomic E-state index is 13.0. The van der Waals surface area contributed by atoms with Crippen LogP contribution in [0, 0.1) is 0 Å². The first-order chi connectivity index (χ1) is 17.8. The van der Waals surface area contributed by atoms with Gasteiger partial charge in [-0.25, -0.2) is 18.1 Å². The highest BCUT2D eigenvalue weighted by atomic mass is 32.2. The second kappa shape index (κ2) is 14.0. The van der Waals surface area contributed by atoms with Crippen LogP contribution in [0.2, 0.25) is 0 Å². The SMILES string of the molecule is CCN(CC)CCCS(=O)(=O)N[C@H](CCc1ccccc1)c1nc(CN(C)C(=O)c2ccncc2)n[nH]1. The molecule has 1 amide bonds. The lowest BCUT2D eigenvalue weighted by Gasteiger charge is -2.19. The Labute approximate surface area is 219 Å². The van der Waals surface area contributed by atoms with Gasteiger partial charge in [0.15, 0.2) is 5.82 Å².